The van der Waals surface area contributed by atoms with E-state index in [0.717, 1.165) is 18.7 Å². The van der Waals surface area contributed by atoms with Crippen molar-refractivity contribution in [3.05, 3.63) is 46.6 Å². The molecule has 3 aliphatic heterocycles. The average Bonchev–Trinajstić information content (AvgIpc) is 3.35. The lowest BCUT2D eigenvalue weighted by molar-refractivity contribution is -0.161. The number of rotatable bonds is 1. The standard InChI is InChI=1S/C27H32ClF3N8O2/c1-36-9-7-33-22(27(29,30)31)15-41-21-6-5-16(28)10-18(21)26(40)38-8-3-2-4-20(38)19-11-24-34-23(37-13-17(32)14-37)12-25(36)39(24)35-19/h5-6,10-12,17,20,22,33H,2-4,7-9,13-15,32H2,1H3/t20-,22?/m0/s1. The Balaban J connectivity index is 1.46. The molecule has 2 fully saturated rings. The van der Waals surface area contributed by atoms with E-state index in [4.69, 9.17) is 32.2 Å². The van der Waals surface area contributed by atoms with Crippen LogP contribution in [0.25, 0.3) is 5.65 Å². The number of benzene rings is 1. The van der Waals surface area contributed by atoms with E-state index in [1.165, 1.54) is 18.2 Å². The molecule has 0 radical (unpaired) electrons. The predicted octanol–water partition coefficient (Wildman–Crippen LogP) is 3.25. The summed E-state index contributed by atoms with van der Waals surface area (Å²) in [5.41, 5.74) is 7.42. The third kappa shape index (κ3) is 5.50. The highest BCUT2D eigenvalue weighted by Crippen LogP contribution is 2.36. The summed E-state index contributed by atoms with van der Waals surface area (Å²) in [6, 6.07) is 5.94. The fourth-order valence-electron chi connectivity index (χ4n) is 5.66. The number of hydrogen-bond acceptors (Lipinski definition) is 8. The Morgan fingerprint density at radius 1 is 1.15 bits per heavy atom. The number of nitrogens with one attached hydrogen (secondary N) is 1. The van der Waals surface area contributed by atoms with Crippen molar-refractivity contribution in [1.29, 1.82) is 0 Å². The molecule has 2 saturated heterocycles. The molecule has 1 aromatic carbocycles. The molecule has 2 bridgehead atoms. The maximum atomic E-state index is 14.0. The van der Waals surface area contributed by atoms with Gasteiger partial charge in [0.1, 0.15) is 30.0 Å². The van der Waals surface area contributed by atoms with Gasteiger partial charge in [-0.2, -0.15) is 22.8 Å². The van der Waals surface area contributed by atoms with Gasteiger partial charge in [0, 0.05) is 63.0 Å². The van der Waals surface area contributed by atoms with Crippen LogP contribution in [0.5, 0.6) is 5.75 Å². The van der Waals surface area contributed by atoms with Crippen molar-refractivity contribution in [2.45, 2.75) is 43.6 Å². The number of ether oxygens (including phenoxy) is 1. The zero-order valence-corrected chi connectivity index (χ0v) is 23.3. The molecular weight excluding hydrogens is 561 g/mol. The summed E-state index contributed by atoms with van der Waals surface area (Å²) in [5, 5.41) is 7.77. The minimum Gasteiger partial charge on any atom is -0.491 e. The first kappa shape index (κ1) is 27.9. The number of aromatic nitrogens is 3. The smallest absolute Gasteiger partial charge is 0.407 e. The number of carbonyl (C=O) groups excluding carboxylic acids is 1. The van der Waals surface area contributed by atoms with E-state index in [1.54, 1.807) is 9.42 Å². The molecular formula is C27H32ClF3N8O2. The lowest BCUT2D eigenvalue weighted by Crippen LogP contribution is -2.56. The van der Waals surface area contributed by atoms with Crippen molar-refractivity contribution in [1.82, 2.24) is 24.8 Å². The van der Waals surface area contributed by atoms with Crippen molar-refractivity contribution < 1.29 is 22.7 Å². The molecule has 3 aliphatic rings. The molecule has 41 heavy (non-hydrogen) atoms. The molecule has 220 valence electrons. The number of fused-ring (bicyclic) bond motifs is 4. The number of hydrogen-bond donors (Lipinski definition) is 2. The minimum absolute atomic E-state index is 0.0225. The van der Waals surface area contributed by atoms with Crippen LogP contribution in [-0.2, 0) is 0 Å². The van der Waals surface area contributed by atoms with E-state index < -0.39 is 18.8 Å². The van der Waals surface area contributed by atoms with Gasteiger partial charge in [-0.3, -0.25) is 4.79 Å². The van der Waals surface area contributed by atoms with Crippen LogP contribution >= 0.6 is 11.6 Å². The van der Waals surface area contributed by atoms with Gasteiger partial charge < -0.3 is 30.5 Å². The van der Waals surface area contributed by atoms with Crippen LogP contribution in [0.3, 0.4) is 0 Å². The van der Waals surface area contributed by atoms with Crippen molar-refractivity contribution in [3.63, 3.8) is 0 Å². The molecule has 3 aromatic rings. The van der Waals surface area contributed by atoms with Gasteiger partial charge in [-0.25, -0.2) is 4.98 Å². The van der Waals surface area contributed by atoms with Gasteiger partial charge in [0.2, 0.25) is 0 Å². The van der Waals surface area contributed by atoms with Crippen LogP contribution in [0.15, 0.2) is 30.3 Å². The van der Waals surface area contributed by atoms with Crippen molar-refractivity contribution >= 4 is 34.8 Å². The summed E-state index contributed by atoms with van der Waals surface area (Å²) >= 11 is 6.24. The number of amides is 1. The number of halogens is 4. The second-order valence-electron chi connectivity index (χ2n) is 10.9. The summed E-state index contributed by atoms with van der Waals surface area (Å²) in [7, 11) is 1.81. The van der Waals surface area contributed by atoms with Crippen LogP contribution in [0.4, 0.5) is 24.8 Å². The number of alkyl halides is 3. The Hall–Kier alpha value is -3.29. The van der Waals surface area contributed by atoms with Gasteiger partial charge in [-0.05, 0) is 37.5 Å². The number of nitrogens with two attached hydrogens (primary N) is 1. The molecule has 1 amide bonds. The lowest BCUT2D eigenvalue weighted by Gasteiger charge is -2.38. The van der Waals surface area contributed by atoms with Gasteiger partial charge in [0.15, 0.2) is 5.65 Å². The Labute approximate surface area is 240 Å². The maximum absolute atomic E-state index is 14.0. The normalized spacial score (nSPS) is 22.9. The van der Waals surface area contributed by atoms with Crippen LogP contribution in [-0.4, -0.2) is 90.0 Å². The number of likely N-dealkylation sites (N-methyl/N-ethyl adjacent to an activating group) is 1. The van der Waals surface area contributed by atoms with Gasteiger partial charge in [-0.15, -0.1) is 0 Å². The number of piperidine rings is 1. The molecule has 3 N–H and O–H groups in total. The summed E-state index contributed by atoms with van der Waals surface area (Å²) in [6.07, 6.45) is -2.19. The predicted molar refractivity (Wildman–Crippen MR) is 149 cm³/mol. The van der Waals surface area contributed by atoms with Crippen LogP contribution in [0.1, 0.15) is 41.4 Å². The van der Waals surface area contributed by atoms with Crippen LogP contribution < -0.4 is 25.6 Å². The molecule has 10 nitrogen and oxygen atoms in total. The van der Waals surface area contributed by atoms with E-state index >= 15 is 0 Å². The van der Waals surface area contributed by atoms with Gasteiger partial charge in [0.25, 0.3) is 5.91 Å². The largest absolute Gasteiger partial charge is 0.491 e. The molecule has 2 atom stereocenters. The fraction of sp³-hybridized carbons (Fsp3) is 0.519. The summed E-state index contributed by atoms with van der Waals surface area (Å²) in [5.74, 6) is 1.09. The van der Waals surface area contributed by atoms with Crippen molar-refractivity contribution in [2.75, 3.05) is 56.2 Å². The quantitative estimate of drug-likeness (QED) is 0.444. The lowest BCUT2D eigenvalue weighted by atomic mass is 9.98. The van der Waals surface area contributed by atoms with Gasteiger partial charge >= 0.3 is 6.18 Å². The Kier molecular flexibility index (Phi) is 7.37. The monoisotopic (exact) mass is 592 g/mol. The molecule has 0 saturated carbocycles. The Morgan fingerprint density at radius 3 is 2.71 bits per heavy atom. The van der Waals surface area contributed by atoms with Gasteiger partial charge in [0.05, 0.1) is 17.3 Å². The first-order valence-electron chi connectivity index (χ1n) is 13.7. The van der Waals surface area contributed by atoms with Crippen LogP contribution in [0, 0.1) is 0 Å². The summed E-state index contributed by atoms with van der Waals surface area (Å²) in [4.78, 5) is 24.4. The second kappa shape index (κ2) is 10.8. The molecule has 0 aliphatic carbocycles. The Bertz CT molecular complexity index is 1440. The first-order chi connectivity index (χ1) is 19.6. The number of anilines is 2. The van der Waals surface area contributed by atoms with E-state index in [-0.39, 0.29) is 47.4 Å². The molecule has 5 heterocycles. The highest BCUT2D eigenvalue weighted by molar-refractivity contribution is 6.31. The second-order valence-corrected chi connectivity index (χ2v) is 11.3. The van der Waals surface area contributed by atoms with E-state index in [2.05, 4.69) is 10.2 Å². The molecule has 6 rings (SSSR count). The van der Waals surface area contributed by atoms with Crippen LogP contribution in [0.2, 0.25) is 5.02 Å². The van der Waals surface area contributed by atoms with E-state index in [9.17, 15) is 18.0 Å². The van der Waals surface area contributed by atoms with Crippen molar-refractivity contribution in [2.24, 2.45) is 5.73 Å². The molecule has 1 unspecified atom stereocenters. The highest BCUT2D eigenvalue weighted by Gasteiger charge is 2.40. The molecule has 2 aromatic heterocycles. The first-order valence-corrected chi connectivity index (χ1v) is 14.1. The third-order valence-corrected chi connectivity index (χ3v) is 8.19. The number of carbonyl (C=O) groups is 1. The van der Waals surface area contributed by atoms with Gasteiger partial charge in [-0.1, -0.05) is 11.6 Å². The van der Waals surface area contributed by atoms with E-state index in [1.807, 2.05) is 24.1 Å². The summed E-state index contributed by atoms with van der Waals surface area (Å²) in [6.45, 7) is 1.38. The Morgan fingerprint density at radius 2 is 1.95 bits per heavy atom. The highest BCUT2D eigenvalue weighted by atomic mass is 35.5. The zero-order chi connectivity index (χ0) is 28.9. The molecule has 14 heteroatoms. The summed E-state index contributed by atoms with van der Waals surface area (Å²) < 4.78 is 49.3. The topological polar surface area (TPSA) is 104 Å². The third-order valence-electron chi connectivity index (χ3n) is 7.95. The SMILES string of the molecule is CN1CCNC(C(F)(F)F)COc2ccc(Cl)cc2C(=O)N2CCCC[C@H]2c2cc3nc(N4CC(N)C4)cc1n3n2. The van der Waals surface area contributed by atoms with Crippen molar-refractivity contribution in [3.8, 4) is 5.75 Å². The number of nitrogens with zero attached hydrogens (tertiary/aromatic N) is 6. The maximum Gasteiger partial charge on any atom is 0.407 e. The molecule has 0 spiro atoms. The van der Waals surface area contributed by atoms with E-state index in [0.29, 0.717) is 43.2 Å². The minimum atomic E-state index is -4.57. The zero-order valence-electron chi connectivity index (χ0n) is 22.6. The fourth-order valence-corrected chi connectivity index (χ4v) is 5.83. The average molecular weight is 593 g/mol.